The lowest BCUT2D eigenvalue weighted by atomic mass is 10.0. The summed E-state index contributed by atoms with van der Waals surface area (Å²) in [5, 5.41) is 45.3. The normalized spacial score (nSPS) is 15.0. The summed E-state index contributed by atoms with van der Waals surface area (Å²) >= 11 is 6.77. The maximum absolute atomic E-state index is 10.00. The van der Waals surface area contributed by atoms with E-state index in [0.717, 1.165) is 18.4 Å². The number of aromatic nitrogens is 4. The molecular formula is C32H24ClN9. The summed E-state index contributed by atoms with van der Waals surface area (Å²) in [5.41, 5.74) is 3.82. The number of rotatable bonds is 9. The average molecular weight is 571 g/mol. The Morgan fingerprint density at radius 3 is 2.55 bits per heavy atom. The van der Waals surface area contributed by atoms with Gasteiger partial charge < -0.3 is 10.6 Å². The van der Waals surface area contributed by atoms with E-state index in [1.807, 2.05) is 30.3 Å². The van der Waals surface area contributed by atoms with Crippen molar-refractivity contribution in [2.75, 3.05) is 10.6 Å². The van der Waals surface area contributed by atoms with E-state index < -0.39 is 12.1 Å². The van der Waals surface area contributed by atoms with Gasteiger partial charge in [-0.3, -0.25) is 4.98 Å². The second kappa shape index (κ2) is 11.6. The third kappa shape index (κ3) is 5.45. The van der Waals surface area contributed by atoms with Crippen LogP contribution in [0.15, 0.2) is 79.1 Å². The zero-order valence-electron chi connectivity index (χ0n) is 23.3. The lowest BCUT2D eigenvalue weighted by molar-refractivity contribution is 0.610. The molecule has 0 saturated heterocycles. The van der Waals surface area contributed by atoms with E-state index in [1.54, 1.807) is 47.3 Å². The minimum atomic E-state index is -1.64. The Morgan fingerprint density at radius 2 is 1.81 bits per heavy atom. The molecule has 204 valence electrons. The highest BCUT2D eigenvalue weighted by molar-refractivity contribution is 6.35. The van der Waals surface area contributed by atoms with Gasteiger partial charge in [-0.1, -0.05) is 59.3 Å². The molecule has 0 unspecified atom stereocenters. The van der Waals surface area contributed by atoms with E-state index in [0.29, 0.717) is 44.1 Å². The van der Waals surface area contributed by atoms with Crippen molar-refractivity contribution in [2.24, 2.45) is 0 Å². The van der Waals surface area contributed by atoms with Gasteiger partial charge in [-0.05, 0) is 48.2 Å². The summed E-state index contributed by atoms with van der Waals surface area (Å²) in [6, 6.07) is 24.6. The van der Waals surface area contributed by atoms with E-state index in [9.17, 15) is 17.2 Å². The van der Waals surface area contributed by atoms with Gasteiger partial charge in [-0.15, -0.1) is 5.10 Å². The first-order chi connectivity index (χ1) is 20.9. The van der Waals surface area contributed by atoms with Gasteiger partial charge in [0.2, 0.25) is 0 Å². The van der Waals surface area contributed by atoms with Crippen molar-refractivity contribution in [3.63, 3.8) is 0 Å². The molecule has 1 saturated carbocycles. The molecule has 5 aromatic rings. The summed E-state index contributed by atoms with van der Waals surface area (Å²) in [7, 11) is 0. The molecule has 3 aromatic carbocycles. The second-order valence-corrected chi connectivity index (χ2v) is 10.4. The number of fused-ring (bicyclic) bond motifs is 1. The highest BCUT2D eigenvalue weighted by atomic mass is 35.5. The topological polar surface area (TPSA) is 139 Å². The van der Waals surface area contributed by atoms with Gasteiger partial charge in [-0.2, -0.15) is 15.8 Å². The first kappa shape index (κ1) is 25.5. The largest absolute Gasteiger partial charge is 0.376 e. The van der Waals surface area contributed by atoms with Crippen LogP contribution in [0.25, 0.3) is 10.9 Å². The van der Waals surface area contributed by atoms with Gasteiger partial charge in [-0.25, -0.2) is 4.68 Å². The molecule has 10 heteroatoms. The fourth-order valence-electron chi connectivity index (χ4n) is 4.86. The molecule has 1 aliphatic carbocycles. The van der Waals surface area contributed by atoms with Gasteiger partial charge in [0.1, 0.15) is 11.8 Å². The van der Waals surface area contributed by atoms with Crippen molar-refractivity contribution >= 4 is 33.9 Å². The first-order valence-electron chi connectivity index (χ1n) is 13.9. The van der Waals surface area contributed by atoms with Crippen LogP contribution in [0.5, 0.6) is 0 Å². The molecule has 9 nitrogen and oxygen atoms in total. The lowest BCUT2D eigenvalue weighted by Gasteiger charge is -2.22. The number of nitrogens with one attached hydrogen (secondary N) is 2. The highest BCUT2D eigenvalue weighted by Gasteiger charge is 2.27. The molecule has 6 rings (SSSR count). The van der Waals surface area contributed by atoms with E-state index in [4.69, 9.17) is 11.6 Å². The van der Waals surface area contributed by atoms with Gasteiger partial charge in [0, 0.05) is 17.3 Å². The first-order valence-corrected chi connectivity index (χ1v) is 13.7. The van der Waals surface area contributed by atoms with Crippen LogP contribution in [-0.4, -0.2) is 20.0 Å². The van der Waals surface area contributed by atoms with Crippen LogP contribution in [0, 0.1) is 34.0 Å². The second-order valence-electron chi connectivity index (χ2n) is 9.99. The number of hydrogen-bond acceptors (Lipinski definition) is 8. The van der Waals surface area contributed by atoms with Gasteiger partial charge >= 0.3 is 0 Å². The summed E-state index contributed by atoms with van der Waals surface area (Å²) in [5.74, 6) is 0. The molecule has 0 bridgehead atoms. The smallest absolute Gasteiger partial charge is 0.109 e. The van der Waals surface area contributed by atoms with Crippen molar-refractivity contribution in [1.82, 2.24) is 20.0 Å². The number of pyridine rings is 1. The summed E-state index contributed by atoms with van der Waals surface area (Å²) in [6.07, 6.45) is 5.38. The number of anilines is 2. The van der Waals surface area contributed by atoms with Crippen LogP contribution >= 0.6 is 11.6 Å². The maximum atomic E-state index is 10.00. The standard InChI is InChI=1S/C32H24ClN9/c33-27-15-24(38-31(22-8-4-5-20(13-22)16-35)29-19-42(41-40-29)25-9-10-25)14-26-30(23(17-36)18-37-32(26)27)39-28(11-12-34)21-6-2-1-3-7-21/h1-8,13-15,18-19,25,28,31,38H,9-11H2,(H,37,39)/t28-,31+/m1/s1/i31D. The lowest BCUT2D eigenvalue weighted by Crippen LogP contribution is -2.14. The highest BCUT2D eigenvalue weighted by Crippen LogP contribution is 2.38. The number of nitriles is 3. The van der Waals surface area contributed by atoms with Crippen molar-refractivity contribution in [1.29, 1.82) is 15.8 Å². The Morgan fingerprint density at radius 1 is 1.00 bits per heavy atom. The van der Waals surface area contributed by atoms with Crippen molar-refractivity contribution in [2.45, 2.75) is 37.4 Å². The Hall–Kier alpha value is -5.43. The number of hydrogen-bond donors (Lipinski definition) is 2. The molecule has 0 amide bonds. The Balaban J connectivity index is 1.48. The number of halogens is 1. The molecule has 0 spiro atoms. The van der Waals surface area contributed by atoms with Gasteiger partial charge in [0.25, 0.3) is 0 Å². The van der Waals surface area contributed by atoms with Crippen LogP contribution in [0.1, 0.15) is 66.7 Å². The molecule has 2 atom stereocenters. The minimum Gasteiger partial charge on any atom is -0.376 e. The predicted molar refractivity (Wildman–Crippen MR) is 159 cm³/mol. The van der Waals surface area contributed by atoms with Crippen LogP contribution in [0.3, 0.4) is 0 Å². The molecule has 2 heterocycles. The quantitative estimate of drug-likeness (QED) is 0.196. The average Bonchev–Trinajstić information content (AvgIpc) is 3.76. The van der Waals surface area contributed by atoms with Gasteiger partial charge in [0.15, 0.2) is 0 Å². The molecule has 42 heavy (non-hydrogen) atoms. The van der Waals surface area contributed by atoms with E-state index in [1.165, 1.54) is 6.20 Å². The van der Waals surface area contributed by atoms with Crippen molar-refractivity contribution < 1.29 is 1.37 Å². The molecule has 0 radical (unpaired) electrons. The van der Waals surface area contributed by atoms with E-state index >= 15 is 0 Å². The maximum Gasteiger partial charge on any atom is 0.109 e. The SMILES string of the molecule is [2H][C@](Nc1cc(Cl)c2ncc(C#N)c(N[C@H](CC#N)c3ccccc3)c2c1)(c1cccc(C#N)c1)c1cn(C2CC2)nn1. The minimum absolute atomic E-state index is 0.159. The van der Waals surface area contributed by atoms with Crippen molar-refractivity contribution in [3.8, 4) is 18.2 Å². The van der Waals surface area contributed by atoms with Gasteiger partial charge in [0.05, 0.1) is 71.6 Å². The zero-order chi connectivity index (χ0) is 30.0. The van der Waals surface area contributed by atoms with Crippen LogP contribution in [-0.2, 0) is 0 Å². The third-order valence-corrected chi connectivity index (χ3v) is 7.39. The van der Waals surface area contributed by atoms with Crippen molar-refractivity contribution in [3.05, 3.63) is 112 Å². The summed E-state index contributed by atoms with van der Waals surface area (Å²) < 4.78 is 11.4. The molecular weight excluding hydrogens is 546 g/mol. The fourth-order valence-corrected chi connectivity index (χ4v) is 5.12. The van der Waals surface area contributed by atoms with E-state index in [-0.39, 0.29) is 18.0 Å². The fraction of sp³-hybridized carbons (Fsp3) is 0.188. The third-order valence-electron chi connectivity index (χ3n) is 7.10. The zero-order valence-corrected chi connectivity index (χ0v) is 23.0. The van der Waals surface area contributed by atoms with Crippen LogP contribution in [0.2, 0.25) is 5.02 Å². The molecule has 1 aliphatic rings. The Labute approximate surface area is 249 Å². The van der Waals surface area contributed by atoms with Crippen LogP contribution < -0.4 is 10.6 Å². The van der Waals surface area contributed by atoms with E-state index in [2.05, 4.69) is 44.1 Å². The number of benzene rings is 3. The Kier molecular flexibility index (Phi) is 7.04. The van der Waals surface area contributed by atoms with Crippen LogP contribution in [0.4, 0.5) is 11.4 Å². The summed E-state index contributed by atoms with van der Waals surface area (Å²) in [4.78, 5) is 4.45. The predicted octanol–water partition coefficient (Wildman–Crippen LogP) is 6.83. The molecule has 2 aromatic heterocycles. The number of nitrogens with zero attached hydrogens (tertiary/aromatic N) is 7. The summed E-state index contributed by atoms with van der Waals surface area (Å²) in [6.45, 7) is 0. The Bertz CT molecular complexity index is 1950. The molecule has 1 fully saturated rings. The monoisotopic (exact) mass is 570 g/mol. The molecule has 2 N–H and O–H groups in total. The molecule has 0 aliphatic heterocycles.